The normalized spacial score (nSPS) is 16.9. The minimum Gasteiger partial charge on any atom is -0.227 e. The first-order chi connectivity index (χ1) is 31.8. The minimum absolute atomic E-state index is 0.124. The molecule has 0 radical (unpaired) electrons. The predicted octanol–water partition coefficient (Wildman–Crippen LogP) is 10.1. The molecule has 8 aromatic carbocycles. The van der Waals surface area contributed by atoms with Crippen LogP contribution < -0.4 is 42.4 Å². The maximum absolute atomic E-state index is 7.68. The van der Waals surface area contributed by atoms with Gasteiger partial charge in [0.05, 0.1) is 0 Å². The fourth-order valence-electron chi connectivity index (χ4n) is 8.57. The van der Waals surface area contributed by atoms with Gasteiger partial charge in [0.25, 0.3) is 0 Å². The standard InChI is InChI=1S/C56H52O4P4/c1-9-25-46(26-10-1)61(47-27-11-2-12-28-47)57-44-56(60-64(52-37-21-7-22-38-52)53-39-23-8-24-40-53)45-41-42-54(58-62(48-29-13-3-14-30-48)49-31-15-4-16-32-49)55(43-45)59-63(50-33-17-5-18-34-50)51-35-19-6-20-36-51/h1-40,45,54-56H,41-44H2/p+4. The van der Waals surface area contributed by atoms with Crippen LogP contribution in [0.5, 0.6) is 0 Å². The quantitative estimate of drug-likeness (QED) is 0.0804. The molecule has 8 heteroatoms. The zero-order chi connectivity index (χ0) is 43.2. The van der Waals surface area contributed by atoms with Crippen LogP contribution in [0.1, 0.15) is 19.3 Å². The molecule has 4 nitrogen and oxygen atoms in total. The van der Waals surface area contributed by atoms with Crippen molar-refractivity contribution >= 4 is 75.0 Å². The summed E-state index contributed by atoms with van der Waals surface area (Å²) in [6, 6.07) is 86.3. The number of benzene rings is 8. The lowest BCUT2D eigenvalue weighted by atomic mass is 9.82. The second kappa shape index (κ2) is 23.0. The molecule has 0 spiro atoms. The zero-order valence-corrected chi connectivity index (χ0v) is 39.9. The maximum Gasteiger partial charge on any atom is 0.198 e. The summed E-state index contributed by atoms with van der Waals surface area (Å²) in [7, 11) is -6.58. The van der Waals surface area contributed by atoms with Crippen molar-refractivity contribution < 1.29 is 18.1 Å². The van der Waals surface area contributed by atoms with E-state index in [0.29, 0.717) is 6.61 Å². The van der Waals surface area contributed by atoms with Gasteiger partial charge in [-0.3, -0.25) is 0 Å². The summed E-state index contributed by atoms with van der Waals surface area (Å²) in [5.41, 5.74) is 0. The van der Waals surface area contributed by atoms with Crippen molar-refractivity contribution in [1.82, 2.24) is 0 Å². The molecule has 4 unspecified atom stereocenters. The Morgan fingerprint density at radius 3 is 0.938 bits per heavy atom. The highest BCUT2D eigenvalue weighted by Crippen LogP contribution is 2.49. The second-order valence-electron chi connectivity index (χ2n) is 16.1. The van der Waals surface area contributed by atoms with E-state index in [1.165, 1.54) is 42.4 Å². The molecular formula is C56H56O4P4+4. The molecule has 320 valence electrons. The Morgan fingerprint density at radius 1 is 0.328 bits per heavy atom. The fourth-order valence-corrected chi connectivity index (χ4v) is 17.0. The van der Waals surface area contributed by atoms with Crippen molar-refractivity contribution in [3.05, 3.63) is 243 Å². The Bertz CT molecular complexity index is 2310. The lowest BCUT2D eigenvalue weighted by Gasteiger charge is -2.37. The third-order valence-corrected chi connectivity index (χ3v) is 20.7. The van der Waals surface area contributed by atoms with Crippen LogP contribution in [0.3, 0.4) is 0 Å². The Balaban J connectivity index is 1.10. The van der Waals surface area contributed by atoms with Gasteiger partial charge in [0.15, 0.2) is 32.6 Å². The van der Waals surface area contributed by atoms with Crippen molar-refractivity contribution in [2.45, 2.75) is 37.6 Å². The van der Waals surface area contributed by atoms with Crippen molar-refractivity contribution in [2.75, 3.05) is 6.61 Å². The van der Waals surface area contributed by atoms with Crippen molar-refractivity contribution in [1.29, 1.82) is 0 Å². The van der Waals surface area contributed by atoms with E-state index in [1.54, 1.807) is 0 Å². The van der Waals surface area contributed by atoms with E-state index in [4.69, 9.17) is 18.1 Å². The molecule has 1 aliphatic carbocycles. The Labute approximate surface area is 384 Å². The van der Waals surface area contributed by atoms with E-state index in [-0.39, 0.29) is 24.2 Å². The summed E-state index contributed by atoms with van der Waals surface area (Å²) >= 11 is 0. The smallest absolute Gasteiger partial charge is 0.198 e. The average molecular weight is 917 g/mol. The lowest BCUT2D eigenvalue weighted by Crippen LogP contribution is -2.43. The van der Waals surface area contributed by atoms with E-state index in [0.717, 1.165) is 19.3 Å². The number of hydrogen-bond donors (Lipinski definition) is 0. The zero-order valence-electron chi connectivity index (χ0n) is 35.9. The third kappa shape index (κ3) is 11.6. The summed E-state index contributed by atoms with van der Waals surface area (Å²) in [5, 5.41) is 9.82. The largest absolute Gasteiger partial charge is 0.227 e. The summed E-state index contributed by atoms with van der Waals surface area (Å²) in [5.74, 6) is 0.144. The maximum atomic E-state index is 7.68. The van der Waals surface area contributed by atoms with Gasteiger partial charge >= 0.3 is 0 Å². The molecule has 0 amide bonds. The second-order valence-corrected chi connectivity index (χ2v) is 24.3. The van der Waals surface area contributed by atoms with Gasteiger partial charge in [0, 0.05) is 0 Å². The van der Waals surface area contributed by atoms with E-state index in [2.05, 4.69) is 243 Å². The lowest BCUT2D eigenvalue weighted by molar-refractivity contribution is -0.0150. The molecule has 0 heterocycles. The Hall–Kier alpha value is -4.68. The van der Waals surface area contributed by atoms with Crippen LogP contribution in [0.2, 0.25) is 0 Å². The fraction of sp³-hybridized carbons (Fsp3) is 0.143. The molecule has 4 atom stereocenters. The first kappa shape index (κ1) is 44.5. The number of rotatable bonds is 18. The predicted molar refractivity (Wildman–Crippen MR) is 280 cm³/mol. The molecular weight excluding hydrogens is 861 g/mol. The summed E-state index contributed by atoms with van der Waals surface area (Å²) in [6.07, 6.45) is 2.03. The van der Waals surface area contributed by atoms with Crippen LogP contribution >= 0.6 is 32.6 Å². The van der Waals surface area contributed by atoms with Crippen LogP contribution in [0, 0.1) is 5.92 Å². The molecule has 64 heavy (non-hydrogen) atoms. The van der Waals surface area contributed by atoms with Gasteiger partial charge in [-0.2, -0.15) is 0 Å². The van der Waals surface area contributed by atoms with Gasteiger partial charge in [-0.25, -0.2) is 18.1 Å². The molecule has 0 bridgehead atoms. The minimum atomic E-state index is -1.68. The molecule has 0 aliphatic heterocycles. The van der Waals surface area contributed by atoms with E-state index >= 15 is 0 Å². The SMILES string of the molecule is c1ccc([PH+](OCC(O[PH+](c2ccccc2)c2ccccc2)C2CCC(O[PH+](c3ccccc3)c3ccccc3)C(O[PH+](c3ccccc3)c3ccccc3)C2)c2ccccc2)cc1. The summed E-state index contributed by atoms with van der Waals surface area (Å²) < 4.78 is 30.2. The Kier molecular flexibility index (Phi) is 16.0. The molecule has 0 aromatic heterocycles. The van der Waals surface area contributed by atoms with Crippen LogP contribution in [0.15, 0.2) is 243 Å². The van der Waals surface area contributed by atoms with Gasteiger partial charge in [-0.15, -0.1) is 0 Å². The molecule has 0 N–H and O–H groups in total. The van der Waals surface area contributed by atoms with Gasteiger partial charge in [-0.1, -0.05) is 146 Å². The monoisotopic (exact) mass is 916 g/mol. The van der Waals surface area contributed by atoms with Crippen LogP contribution in [0.25, 0.3) is 0 Å². The van der Waals surface area contributed by atoms with Gasteiger partial charge in [0.2, 0.25) is 0 Å². The summed E-state index contributed by atoms with van der Waals surface area (Å²) in [4.78, 5) is 0. The Morgan fingerprint density at radius 2 is 0.609 bits per heavy atom. The third-order valence-electron chi connectivity index (χ3n) is 11.8. The molecule has 1 aliphatic rings. The first-order valence-corrected chi connectivity index (χ1v) is 27.9. The van der Waals surface area contributed by atoms with Crippen LogP contribution in [-0.2, 0) is 18.1 Å². The van der Waals surface area contributed by atoms with Gasteiger partial charge < -0.3 is 0 Å². The van der Waals surface area contributed by atoms with Crippen molar-refractivity contribution in [3.8, 4) is 0 Å². The highest BCUT2D eigenvalue weighted by atomic mass is 31.1. The average Bonchev–Trinajstić information content (AvgIpc) is 3.38. The molecule has 9 rings (SSSR count). The van der Waals surface area contributed by atoms with E-state index < -0.39 is 32.6 Å². The first-order valence-electron chi connectivity index (χ1n) is 22.3. The topological polar surface area (TPSA) is 36.9 Å². The molecule has 8 aromatic rings. The van der Waals surface area contributed by atoms with Crippen molar-refractivity contribution in [2.24, 2.45) is 5.92 Å². The van der Waals surface area contributed by atoms with E-state index in [1.807, 2.05) is 0 Å². The summed E-state index contributed by atoms with van der Waals surface area (Å²) in [6.45, 7) is 0.465. The van der Waals surface area contributed by atoms with Crippen molar-refractivity contribution in [3.63, 3.8) is 0 Å². The van der Waals surface area contributed by atoms with E-state index in [9.17, 15) is 0 Å². The highest BCUT2D eigenvalue weighted by molar-refractivity contribution is 7.69. The number of hydrogen-bond acceptors (Lipinski definition) is 4. The highest BCUT2D eigenvalue weighted by Gasteiger charge is 2.46. The van der Waals surface area contributed by atoms with Crippen LogP contribution in [0.4, 0.5) is 0 Å². The molecule has 1 fully saturated rings. The molecule has 0 saturated heterocycles. The molecule has 1 saturated carbocycles. The van der Waals surface area contributed by atoms with Gasteiger partial charge in [0.1, 0.15) is 67.4 Å². The van der Waals surface area contributed by atoms with Gasteiger partial charge in [-0.05, 0) is 122 Å². The van der Waals surface area contributed by atoms with Crippen LogP contribution in [-0.4, -0.2) is 24.9 Å².